The van der Waals surface area contributed by atoms with Gasteiger partial charge in [-0.15, -0.1) is 0 Å². The molecule has 8 heteroatoms. The minimum atomic E-state index is -0.507. The monoisotopic (exact) mass is 441 g/mol. The zero-order valence-corrected chi connectivity index (χ0v) is 19.3. The zero-order chi connectivity index (χ0) is 22.7. The number of hydrogen-bond acceptors (Lipinski definition) is 5. The predicted molar refractivity (Wildman–Crippen MR) is 125 cm³/mol. The summed E-state index contributed by atoms with van der Waals surface area (Å²) >= 11 is 5.36. The first kappa shape index (κ1) is 22.4. The number of ether oxygens (including phenoxy) is 3. The molecule has 1 aliphatic rings. The van der Waals surface area contributed by atoms with Crippen molar-refractivity contribution in [2.75, 3.05) is 26.6 Å². The van der Waals surface area contributed by atoms with Gasteiger partial charge in [0.1, 0.15) is 0 Å². The third kappa shape index (κ3) is 4.44. The Labute approximate surface area is 187 Å². The van der Waals surface area contributed by atoms with E-state index in [-0.39, 0.29) is 5.91 Å². The van der Waals surface area contributed by atoms with Crippen LogP contribution in [0.2, 0.25) is 0 Å². The van der Waals surface area contributed by atoms with Crippen LogP contribution >= 0.6 is 12.2 Å². The lowest BCUT2D eigenvalue weighted by atomic mass is 9.94. The summed E-state index contributed by atoms with van der Waals surface area (Å²) in [6, 6.07) is 8.93. The summed E-state index contributed by atoms with van der Waals surface area (Å²) < 4.78 is 16.4. The fraction of sp³-hybridized carbons (Fsp3) is 0.304. The summed E-state index contributed by atoms with van der Waals surface area (Å²) in [4.78, 5) is 13.4. The number of nitrogens with one attached hydrogen (secondary N) is 3. The molecule has 1 unspecified atom stereocenters. The highest BCUT2D eigenvalue weighted by Crippen LogP contribution is 2.41. The average Bonchev–Trinajstić information content (AvgIpc) is 2.75. The topological polar surface area (TPSA) is 80.9 Å². The van der Waals surface area contributed by atoms with E-state index in [0.717, 1.165) is 22.4 Å². The van der Waals surface area contributed by atoms with Gasteiger partial charge in [-0.25, -0.2) is 0 Å². The average molecular weight is 442 g/mol. The molecule has 0 aromatic heterocycles. The minimum Gasteiger partial charge on any atom is -0.493 e. The third-order valence-corrected chi connectivity index (χ3v) is 5.61. The second kappa shape index (κ2) is 9.26. The molecule has 1 atom stereocenters. The molecule has 0 fully saturated rings. The number of benzene rings is 2. The lowest BCUT2D eigenvalue weighted by Gasteiger charge is -2.31. The minimum absolute atomic E-state index is 0.229. The Morgan fingerprint density at radius 1 is 1.03 bits per heavy atom. The summed E-state index contributed by atoms with van der Waals surface area (Å²) in [7, 11) is 4.65. The number of rotatable bonds is 6. The van der Waals surface area contributed by atoms with Gasteiger partial charge >= 0.3 is 0 Å². The number of carbonyl (C=O) groups is 1. The third-order valence-electron chi connectivity index (χ3n) is 5.39. The van der Waals surface area contributed by atoms with E-state index < -0.39 is 6.04 Å². The van der Waals surface area contributed by atoms with E-state index in [1.54, 1.807) is 21.3 Å². The smallest absolute Gasteiger partial charge is 0.255 e. The van der Waals surface area contributed by atoms with Crippen LogP contribution in [0.5, 0.6) is 17.2 Å². The van der Waals surface area contributed by atoms with Gasteiger partial charge in [-0.3, -0.25) is 4.79 Å². The summed E-state index contributed by atoms with van der Waals surface area (Å²) in [6.07, 6.45) is 0. The van der Waals surface area contributed by atoms with E-state index in [1.165, 1.54) is 0 Å². The van der Waals surface area contributed by atoms with Gasteiger partial charge in [-0.05, 0) is 67.9 Å². The van der Waals surface area contributed by atoms with Gasteiger partial charge in [0.15, 0.2) is 16.6 Å². The second-order valence-electron chi connectivity index (χ2n) is 7.23. The number of allylic oxidation sites excluding steroid dienone is 1. The highest BCUT2D eigenvalue weighted by molar-refractivity contribution is 7.80. The van der Waals surface area contributed by atoms with Crippen LogP contribution in [0.25, 0.3) is 0 Å². The Kier molecular flexibility index (Phi) is 6.70. The highest BCUT2D eigenvalue weighted by atomic mass is 32.1. The largest absolute Gasteiger partial charge is 0.493 e. The van der Waals surface area contributed by atoms with Crippen LogP contribution in [0.1, 0.15) is 29.7 Å². The Hall–Kier alpha value is -3.26. The van der Waals surface area contributed by atoms with Crippen molar-refractivity contribution in [1.29, 1.82) is 0 Å². The fourth-order valence-corrected chi connectivity index (χ4v) is 3.86. The van der Waals surface area contributed by atoms with Gasteiger partial charge in [0, 0.05) is 11.4 Å². The molecule has 2 aromatic rings. The van der Waals surface area contributed by atoms with Crippen LogP contribution in [0.4, 0.5) is 5.69 Å². The molecule has 31 heavy (non-hydrogen) atoms. The van der Waals surface area contributed by atoms with Crippen molar-refractivity contribution in [2.45, 2.75) is 26.8 Å². The van der Waals surface area contributed by atoms with Crippen LogP contribution in [-0.4, -0.2) is 32.3 Å². The number of amides is 1. The van der Waals surface area contributed by atoms with E-state index in [9.17, 15) is 4.79 Å². The Balaban J connectivity index is 2.06. The normalized spacial score (nSPS) is 15.7. The molecule has 2 aromatic carbocycles. The lowest BCUT2D eigenvalue weighted by Crippen LogP contribution is -2.45. The number of aryl methyl sites for hydroxylation is 1. The van der Waals surface area contributed by atoms with Gasteiger partial charge in [0.05, 0.1) is 32.9 Å². The second-order valence-corrected chi connectivity index (χ2v) is 7.64. The van der Waals surface area contributed by atoms with Crippen LogP contribution in [0, 0.1) is 13.8 Å². The van der Waals surface area contributed by atoms with Crippen molar-refractivity contribution in [3.63, 3.8) is 0 Å². The predicted octanol–water partition coefficient (Wildman–Crippen LogP) is 3.76. The van der Waals surface area contributed by atoms with Crippen molar-refractivity contribution in [3.05, 3.63) is 58.3 Å². The van der Waals surface area contributed by atoms with Crippen LogP contribution in [-0.2, 0) is 4.79 Å². The molecule has 7 nitrogen and oxygen atoms in total. The fourth-order valence-electron chi connectivity index (χ4n) is 3.59. The van der Waals surface area contributed by atoms with E-state index in [0.29, 0.717) is 33.6 Å². The van der Waals surface area contributed by atoms with Crippen molar-refractivity contribution in [3.8, 4) is 17.2 Å². The zero-order valence-electron chi connectivity index (χ0n) is 18.5. The maximum atomic E-state index is 13.4. The molecule has 3 N–H and O–H groups in total. The van der Waals surface area contributed by atoms with Crippen LogP contribution in [0.3, 0.4) is 0 Å². The van der Waals surface area contributed by atoms with Crippen LogP contribution in [0.15, 0.2) is 41.6 Å². The quantitative estimate of drug-likeness (QED) is 0.589. The van der Waals surface area contributed by atoms with E-state index in [2.05, 4.69) is 16.0 Å². The lowest BCUT2D eigenvalue weighted by molar-refractivity contribution is -0.113. The summed E-state index contributed by atoms with van der Waals surface area (Å²) in [6.45, 7) is 5.82. The van der Waals surface area contributed by atoms with Gasteiger partial charge in [0.25, 0.3) is 5.91 Å². The first-order valence-corrected chi connectivity index (χ1v) is 10.2. The summed E-state index contributed by atoms with van der Waals surface area (Å²) in [5.74, 6) is 1.24. The maximum absolute atomic E-state index is 13.4. The van der Waals surface area contributed by atoms with Crippen molar-refractivity contribution >= 4 is 28.9 Å². The molecule has 0 radical (unpaired) electrons. The summed E-state index contributed by atoms with van der Waals surface area (Å²) in [5, 5.41) is 9.72. The Bertz CT molecular complexity index is 1040. The molecule has 1 amide bonds. The van der Waals surface area contributed by atoms with Gasteiger partial charge in [-0.1, -0.05) is 12.1 Å². The number of methoxy groups -OCH3 is 3. The van der Waals surface area contributed by atoms with Gasteiger partial charge < -0.3 is 30.2 Å². The Morgan fingerprint density at radius 3 is 2.26 bits per heavy atom. The Morgan fingerprint density at radius 2 is 1.68 bits per heavy atom. The van der Waals surface area contributed by atoms with Crippen molar-refractivity contribution in [1.82, 2.24) is 10.6 Å². The molecule has 0 spiro atoms. The number of thiocarbonyl (C=S) groups is 1. The van der Waals surface area contributed by atoms with E-state index >= 15 is 0 Å². The highest BCUT2D eigenvalue weighted by Gasteiger charge is 2.31. The maximum Gasteiger partial charge on any atom is 0.255 e. The standard InChI is InChI=1S/C23H27N3O4S/c1-12-8-7-9-16(13(12)2)25-22(27)19-14(3)24-23(31)26-20(19)15-10-17(28-4)21(30-6)18(11-15)29-5/h7-11,20H,1-6H3,(H,25,27)(H2,24,26,31). The first-order chi connectivity index (χ1) is 14.8. The molecule has 0 saturated carbocycles. The van der Waals surface area contributed by atoms with Crippen LogP contribution < -0.4 is 30.2 Å². The molecule has 1 heterocycles. The number of carbonyl (C=O) groups excluding carboxylic acids is 1. The molecular formula is C23H27N3O4S. The molecule has 164 valence electrons. The van der Waals surface area contributed by atoms with Crippen molar-refractivity contribution in [2.24, 2.45) is 0 Å². The van der Waals surface area contributed by atoms with Gasteiger partial charge in [-0.2, -0.15) is 0 Å². The molecule has 3 rings (SSSR count). The SMILES string of the molecule is COc1cc(C2NC(=S)NC(C)=C2C(=O)Nc2cccc(C)c2C)cc(OC)c1OC. The van der Waals surface area contributed by atoms with Crippen molar-refractivity contribution < 1.29 is 19.0 Å². The van der Waals surface area contributed by atoms with E-state index in [4.69, 9.17) is 26.4 Å². The molecule has 0 bridgehead atoms. The van der Waals surface area contributed by atoms with Gasteiger partial charge in [0.2, 0.25) is 5.75 Å². The molecular weight excluding hydrogens is 414 g/mol. The number of anilines is 1. The molecule has 1 aliphatic heterocycles. The summed E-state index contributed by atoms with van der Waals surface area (Å²) in [5.41, 5.74) is 4.83. The molecule has 0 aliphatic carbocycles. The molecule has 0 saturated heterocycles. The van der Waals surface area contributed by atoms with E-state index in [1.807, 2.05) is 51.1 Å². The number of hydrogen-bond donors (Lipinski definition) is 3. The first-order valence-electron chi connectivity index (χ1n) is 9.76.